The Kier molecular flexibility index (Phi) is 6.70. The fourth-order valence-corrected chi connectivity index (χ4v) is 0.861. The molecule has 84 valence electrons. The number of hydrogen-bond acceptors (Lipinski definition) is 4. The zero-order valence-electron chi connectivity index (χ0n) is 9.55. The summed E-state index contributed by atoms with van der Waals surface area (Å²) in [4.78, 5) is 11.6. The predicted octanol–water partition coefficient (Wildman–Crippen LogP) is 0.607. The number of methoxy groups -OCH3 is 1. The SMILES string of the molecule is CNC(C)(C)C(=O)CCOCCOC. The van der Waals surface area contributed by atoms with Crippen LogP contribution in [-0.2, 0) is 14.3 Å². The predicted molar refractivity (Wildman–Crippen MR) is 55.5 cm³/mol. The summed E-state index contributed by atoms with van der Waals surface area (Å²) in [6, 6.07) is 0. The standard InChI is InChI=1S/C10H21NO3/c1-10(2,11-3)9(12)5-6-14-8-7-13-4/h11H,5-8H2,1-4H3. The molecular formula is C10H21NO3. The van der Waals surface area contributed by atoms with Gasteiger partial charge in [0.15, 0.2) is 5.78 Å². The molecule has 0 spiro atoms. The van der Waals surface area contributed by atoms with Crippen LogP contribution in [0.3, 0.4) is 0 Å². The molecule has 0 aliphatic rings. The smallest absolute Gasteiger partial charge is 0.154 e. The molecule has 0 radical (unpaired) electrons. The molecule has 0 aromatic carbocycles. The molecule has 0 atom stereocenters. The number of ether oxygens (including phenoxy) is 2. The van der Waals surface area contributed by atoms with E-state index in [4.69, 9.17) is 9.47 Å². The number of rotatable bonds is 8. The van der Waals surface area contributed by atoms with Crippen LogP contribution < -0.4 is 5.32 Å². The Hall–Kier alpha value is -0.450. The van der Waals surface area contributed by atoms with E-state index in [1.165, 1.54) is 0 Å². The molecule has 0 fully saturated rings. The number of hydrogen-bond donors (Lipinski definition) is 1. The molecule has 0 aliphatic carbocycles. The topological polar surface area (TPSA) is 47.6 Å². The molecule has 0 rings (SSSR count). The molecular weight excluding hydrogens is 182 g/mol. The highest BCUT2D eigenvalue weighted by molar-refractivity contribution is 5.87. The lowest BCUT2D eigenvalue weighted by Crippen LogP contribution is -2.44. The summed E-state index contributed by atoms with van der Waals surface area (Å²) in [5, 5.41) is 2.96. The van der Waals surface area contributed by atoms with Crippen LogP contribution in [0.5, 0.6) is 0 Å². The van der Waals surface area contributed by atoms with Crippen molar-refractivity contribution in [3.05, 3.63) is 0 Å². The van der Waals surface area contributed by atoms with Crippen molar-refractivity contribution >= 4 is 5.78 Å². The maximum Gasteiger partial charge on any atom is 0.154 e. The van der Waals surface area contributed by atoms with Crippen molar-refractivity contribution in [2.75, 3.05) is 34.0 Å². The van der Waals surface area contributed by atoms with E-state index in [0.29, 0.717) is 26.2 Å². The molecule has 0 amide bonds. The maximum atomic E-state index is 11.6. The van der Waals surface area contributed by atoms with E-state index >= 15 is 0 Å². The van der Waals surface area contributed by atoms with Gasteiger partial charge < -0.3 is 14.8 Å². The quantitative estimate of drug-likeness (QED) is 0.587. The zero-order valence-corrected chi connectivity index (χ0v) is 9.55. The van der Waals surface area contributed by atoms with Gasteiger partial charge in [-0.1, -0.05) is 0 Å². The minimum atomic E-state index is -0.454. The third kappa shape index (κ3) is 5.32. The van der Waals surface area contributed by atoms with Crippen molar-refractivity contribution in [1.29, 1.82) is 0 Å². The van der Waals surface area contributed by atoms with Crippen LogP contribution in [0.15, 0.2) is 0 Å². The lowest BCUT2D eigenvalue weighted by Gasteiger charge is -2.21. The van der Waals surface area contributed by atoms with Gasteiger partial charge in [-0.3, -0.25) is 4.79 Å². The van der Waals surface area contributed by atoms with Gasteiger partial charge in [0.2, 0.25) is 0 Å². The lowest BCUT2D eigenvalue weighted by molar-refractivity contribution is -0.125. The van der Waals surface area contributed by atoms with Gasteiger partial charge in [-0.25, -0.2) is 0 Å². The van der Waals surface area contributed by atoms with Crippen molar-refractivity contribution in [2.45, 2.75) is 25.8 Å². The van der Waals surface area contributed by atoms with E-state index in [9.17, 15) is 4.79 Å². The van der Waals surface area contributed by atoms with Gasteiger partial charge in [-0.2, -0.15) is 0 Å². The second-order valence-corrected chi connectivity index (χ2v) is 3.65. The summed E-state index contributed by atoms with van der Waals surface area (Å²) >= 11 is 0. The van der Waals surface area contributed by atoms with Crippen LogP contribution >= 0.6 is 0 Å². The molecule has 0 bridgehead atoms. The summed E-state index contributed by atoms with van der Waals surface area (Å²) in [7, 11) is 3.41. The number of carbonyl (C=O) groups is 1. The third-order valence-electron chi connectivity index (χ3n) is 2.23. The fourth-order valence-electron chi connectivity index (χ4n) is 0.861. The van der Waals surface area contributed by atoms with Gasteiger partial charge in [0, 0.05) is 13.5 Å². The van der Waals surface area contributed by atoms with Crippen LogP contribution in [0.25, 0.3) is 0 Å². The van der Waals surface area contributed by atoms with E-state index < -0.39 is 5.54 Å². The third-order valence-corrected chi connectivity index (χ3v) is 2.23. The van der Waals surface area contributed by atoms with Gasteiger partial charge >= 0.3 is 0 Å². The molecule has 4 heteroatoms. The van der Waals surface area contributed by atoms with Crippen molar-refractivity contribution in [1.82, 2.24) is 5.32 Å². The summed E-state index contributed by atoms with van der Waals surface area (Å²) in [5.74, 6) is 0.164. The monoisotopic (exact) mass is 203 g/mol. The Morgan fingerprint density at radius 1 is 1.29 bits per heavy atom. The van der Waals surface area contributed by atoms with Crippen LogP contribution in [0.1, 0.15) is 20.3 Å². The average Bonchev–Trinajstić information content (AvgIpc) is 2.17. The molecule has 0 heterocycles. The normalized spacial score (nSPS) is 11.7. The Morgan fingerprint density at radius 3 is 2.43 bits per heavy atom. The van der Waals surface area contributed by atoms with Gasteiger partial charge in [0.1, 0.15) is 0 Å². The first kappa shape index (κ1) is 13.5. The van der Waals surface area contributed by atoms with Gasteiger partial charge in [0.05, 0.1) is 25.4 Å². The van der Waals surface area contributed by atoms with Gasteiger partial charge in [-0.15, -0.1) is 0 Å². The van der Waals surface area contributed by atoms with Crippen molar-refractivity contribution < 1.29 is 14.3 Å². The highest BCUT2D eigenvalue weighted by atomic mass is 16.5. The second-order valence-electron chi connectivity index (χ2n) is 3.65. The molecule has 0 aliphatic heterocycles. The largest absolute Gasteiger partial charge is 0.382 e. The number of ketones is 1. The number of carbonyl (C=O) groups excluding carboxylic acids is 1. The van der Waals surface area contributed by atoms with E-state index in [1.807, 2.05) is 13.8 Å². The Balaban J connectivity index is 3.54. The Morgan fingerprint density at radius 2 is 1.93 bits per heavy atom. The number of Topliss-reactive ketones (excluding diaryl/α,β-unsaturated/α-hetero) is 1. The Labute approximate surface area is 86.0 Å². The first-order valence-corrected chi connectivity index (χ1v) is 4.83. The van der Waals surface area contributed by atoms with Crippen LogP contribution in [0.4, 0.5) is 0 Å². The number of likely N-dealkylation sites (N-methyl/N-ethyl adjacent to an activating group) is 1. The van der Waals surface area contributed by atoms with E-state index in [1.54, 1.807) is 14.2 Å². The summed E-state index contributed by atoms with van der Waals surface area (Å²) < 4.78 is 10.0. The van der Waals surface area contributed by atoms with Crippen molar-refractivity contribution in [3.8, 4) is 0 Å². The molecule has 0 aromatic heterocycles. The fraction of sp³-hybridized carbons (Fsp3) is 0.900. The van der Waals surface area contributed by atoms with Crippen LogP contribution in [0, 0.1) is 0 Å². The van der Waals surface area contributed by atoms with Gasteiger partial charge in [-0.05, 0) is 20.9 Å². The van der Waals surface area contributed by atoms with E-state index in [0.717, 1.165) is 0 Å². The molecule has 0 unspecified atom stereocenters. The van der Waals surface area contributed by atoms with Crippen LogP contribution in [-0.4, -0.2) is 45.3 Å². The lowest BCUT2D eigenvalue weighted by atomic mass is 9.97. The number of nitrogens with one attached hydrogen (secondary N) is 1. The maximum absolute atomic E-state index is 11.6. The summed E-state index contributed by atoms with van der Waals surface area (Å²) in [6.45, 7) is 5.32. The molecule has 1 N–H and O–H groups in total. The van der Waals surface area contributed by atoms with Crippen molar-refractivity contribution in [3.63, 3.8) is 0 Å². The van der Waals surface area contributed by atoms with Crippen LogP contribution in [0.2, 0.25) is 0 Å². The zero-order chi connectivity index (χ0) is 11.0. The molecule has 0 saturated heterocycles. The summed E-state index contributed by atoms with van der Waals surface area (Å²) in [5.41, 5.74) is -0.454. The highest BCUT2D eigenvalue weighted by Gasteiger charge is 2.23. The first-order valence-electron chi connectivity index (χ1n) is 4.83. The minimum Gasteiger partial charge on any atom is -0.382 e. The van der Waals surface area contributed by atoms with Crippen molar-refractivity contribution in [2.24, 2.45) is 0 Å². The first-order chi connectivity index (χ1) is 6.54. The average molecular weight is 203 g/mol. The summed E-state index contributed by atoms with van der Waals surface area (Å²) in [6.07, 6.45) is 0.442. The Bertz CT molecular complexity index is 169. The highest BCUT2D eigenvalue weighted by Crippen LogP contribution is 2.05. The van der Waals surface area contributed by atoms with E-state index in [-0.39, 0.29) is 5.78 Å². The van der Waals surface area contributed by atoms with E-state index in [2.05, 4.69) is 5.32 Å². The minimum absolute atomic E-state index is 0.164. The molecule has 0 aromatic rings. The molecule has 4 nitrogen and oxygen atoms in total. The second kappa shape index (κ2) is 6.92. The molecule has 14 heavy (non-hydrogen) atoms. The molecule has 0 saturated carbocycles. The van der Waals surface area contributed by atoms with Gasteiger partial charge in [0.25, 0.3) is 0 Å².